The molecule has 0 rings (SSSR count). The van der Waals surface area contributed by atoms with Crippen LogP contribution in [-0.2, 0) is 14.3 Å². The van der Waals surface area contributed by atoms with Crippen LogP contribution in [0.5, 0.6) is 0 Å². The van der Waals surface area contributed by atoms with Gasteiger partial charge in [-0.05, 0) is 51.4 Å². The van der Waals surface area contributed by atoms with Gasteiger partial charge in [-0.1, -0.05) is 295 Å². The molecule has 2 atom stereocenters. The molecule has 0 heterocycles. The number of ether oxygens (including phenoxy) is 1. The second-order valence-corrected chi connectivity index (χ2v) is 21.0. The third-order valence-corrected chi connectivity index (χ3v) is 14.2. The van der Waals surface area contributed by atoms with Gasteiger partial charge in [0.05, 0.1) is 25.4 Å². The molecular formula is C62H119NO5. The smallest absolute Gasteiger partial charge is 0.305 e. The van der Waals surface area contributed by atoms with Crippen LogP contribution in [-0.4, -0.2) is 47.4 Å². The van der Waals surface area contributed by atoms with E-state index in [1.54, 1.807) is 0 Å². The number of carbonyl (C=O) groups is 2. The number of hydrogen-bond acceptors (Lipinski definition) is 5. The molecule has 402 valence electrons. The van der Waals surface area contributed by atoms with Crippen LogP contribution in [0.1, 0.15) is 335 Å². The number of esters is 1. The summed E-state index contributed by atoms with van der Waals surface area (Å²) in [4.78, 5) is 24.5. The first kappa shape index (κ1) is 66.3. The number of aliphatic hydroxyl groups is 2. The zero-order valence-electron chi connectivity index (χ0n) is 45.9. The Kier molecular flexibility index (Phi) is 56.5. The van der Waals surface area contributed by atoms with Gasteiger partial charge in [-0.3, -0.25) is 9.59 Å². The molecule has 68 heavy (non-hydrogen) atoms. The Morgan fingerprint density at radius 3 is 1.18 bits per heavy atom. The monoisotopic (exact) mass is 958 g/mol. The zero-order chi connectivity index (χ0) is 49.3. The SMILES string of the molecule is CCC/C=C\C/C=C\CCCCCCCC(=O)OCCCCCCCCCCCCCCCCCCCCCCCCCCCCC(=O)NC(CO)C(O)CCCCCCCCCCCCCC. The Bertz CT molecular complexity index is 1060. The number of aliphatic hydroxyl groups excluding tert-OH is 2. The van der Waals surface area contributed by atoms with Crippen molar-refractivity contribution in [2.24, 2.45) is 0 Å². The molecule has 0 aromatic heterocycles. The summed E-state index contributed by atoms with van der Waals surface area (Å²) in [7, 11) is 0. The van der Waals surface area contributed by atoms with Crippen LogP contribution < -0.4 is 5.32 Å². The molecule has 3 N–H and O–H groups in total. The molecule has 1 amide bonds. The third-order valence-electron chi connectivity index (χ3n) is 14.2. The minimum absolute atomic E-state index is 0.00201. The molecule has 2 unspecified atom stereocenters. The van der Waals surface area contributed by atoms with Crippen molar-refractivity contribution < 1.29 is 24.5 Å². The quantitative estimate of drug-likeness (QED) is 0.0321. The molecule has 0 aromatic rings. The second-order valence-electron chi connectivity index (χ2n) is 21.0. The second kappa shape index (κ2) is 57.9. The Morgan fingerprint density at radius 2 is 0.765 bits per heavy atom. The summed E-state index contributed by atoms with van der Waals surface area (Å²) in [6.07, 6.45) is 70.5. The predicted molar refractivity (Wildman–Crippen MR) is 296 cm³/mol. The molecule has 0 spiro atoms. The Hall–Kier alpha value is -1.66. The van der Waals surface area contributed by atoms with Crippen LogP contribution in [0, 0.1) is 0 Å². The predicted octanol–water partition coefficient (Wildman–Crippen LogP) is 19.0. The first-order valence-corrected chi connectivity index (χ1v) is 30.6. The lowest BCUT2D eigenvalue weighted by Crippen LogP contribution is -2.45. The van der Waals surface area contributed by atoms with Gasteiger partial charge in [0.15, 0.2) is 0 Å². The van der Waals surface area contributed by atoms with E-state index < -0.39 is 12.1 Å². The van der Waals surface area contributed by atoms with Crippen molar-refractivity contribution in [3.63, 3.8) is 0 Å². The zero-order valence-corrected chi connectivity index (χ0v) is 45.9. The van der Waals surface area contributed by atoms with E-state index in [0.29, 0.717) is 25.9 Å². The summed E-state index contributed by atoms with van der Waals surface area (Å²) in [6, 6.07) is -0.538. The summed E-state index contributed by atoms with van der Waals surface area (Å²) < 4.78 is 5.47. The molecule has 6 heteroatoms. The number of allylic oxidation sites excluding steroid dienone is 4. The molecule has 0 aliphatic rings. The minimum Gasteiger partial charge on any atom is -0.466 e. The number of carbonyl (C=O) groups excluding carboxylic acids is 2. The molecule has 0 bridgehead atoms. The Labute approximate surface area is 424 Å². The number of hydrogen-bond donors (Lipinski definition) is 3. The van der Waals surface area contributed by atoms with Crippen molar-refractivity contribution in [3.05, 3.63) is 24.3 Å². The molecular weight excluding hydrogens is 839 g/mol. The van der Waals surface area contributed by atoms with Gasteiger partial charge >= 0.3 is 5.97 Å². The topological polar surface area (TPSA) is 95.9 Å². The van der Waals surface area contributed by atoms with Crippen LogP contribution in [0.3, 0.4) is 0 Å². The van der Waals surface area contributed by atoms with Gasteiger partial charge in [-0.2, -0.15) is 0 Å². The van der Waals surface area contributed by atoms with Crippen LogP contribution in [0.2, 0.25) is 0 Å². The molecule has 0 saturated heterocycles. The van der Waals surface area contributed by atoms with Crippen molar-refractivity contribution in [1.82, 2.24) is 5.32 Å². The van der Waals surface area contributed by atoms with E-state index >= 15 is 0 Å². The van der Waals surface area contributed by atoms with Crippen LogP contribution >= 0.6 is 0 Å². The van der Waals surface area contributed by atoms with Crippen LogP contribution in [0.15, 0.2) is 24.3 Å². The van der Waals surface area contributed by atoms with E-state index in [-0.39, 0.29) is 18.5 Å². The van der Waals surface area contributed by atoms with Gasteiger partial charge in [0.1, 0.15) is 0 Å². The summed E-state index contributed by atoms with van der Waals surface area (Å²) in [6.45, 7) is 4.89. The maximum atomic E-state index is 12.5. The minimum atomic E-state index is -0.661. The number of amides is 1. The van der Waals surface area contributed by atoms with Crippen molar-refractivity contribution in [2.75, 3.05) is 13.2 Å². The average Bonchev–Trinajstić information content (AvgIpc) is 3.34. The summed E-state index contributed by atoms with van der Waals surface area (Å²) in [5.74, 6) is -0.0302. The van der Waals surface area contributed by atoms with Gasteiger partial charge in [0.2, 0.25) is 5.91 Å². The third kappa shape index (κ3) is 53.7. The molecule has 0 aliphatic carbocycles. The van der Waals surface area contributed by atoms with Gasteiger partial charge in [0.25, 0.3) is 0 Å². The van der Waals surface area contributed by atoms with Crippen molar-refractivity contribution >= 4 is 11.9 Å². The molecule has 0 aliphatic heterocycles. The standard InChI is InChI=1S/C62H119NO5/c1-3-5-7-9-11-13-15-31-36-40-44-48-52-56-62(67)68-57-53-49-45-41-37-33-30-28-26-24-22-20-18-17-19-21-23-25-27-29-32-35-39-43-47-51-55-61(66)63-59(58-64)60(65)54-50-46-42-38-34-16-14-12-10-8-6-4-2/h7,9,13,15,59-60,64-65H,3-6,8,10-12,14,16-58H2,1-2H3,(H,63,66)/b9-7-,15-13-. The lowest BCUT2D eigenvalue weighted by atomic mass is 10.0. The summed E-state index contributed by atoms with van der Waals surface area (Å²) in [5, 5.41) is 23.2. The fraction of sp³-hybridized carbons (Fsp3) is 0.903. The number of unbranched alkanes of at least 4 members (excludes halogenated alkanes) is 42. The Balaban J connectivity index is 3.34. The van der Waals surface area contributed by atoms with Gasteiger partial charge in [-0.15, -0.1) is 0 Å². The molecule has 0 fully saturated rings. The van der Waals surface area contributed by atoms with E-state index in [9.17, 15) is 19.8 Å². The highest BCUT2D eigenvalue weighted by Crippen LogP contribution is 2.18. The Morgan fingerprint density at radius 1 is 0.412 bits per heavy atom. The first-order valence-electron chi connectivity index (χ1n) is 30.6. The average molecular weight is 959 g/mol. The fourth-order valence-electron chi connectivity index (χ4n) is 9.56. The van der Waals surface area contributed by atoms with Gasteiger partial charge in [-0.25, -0.2) is 0 Å². The van der Waals surface area contributed by atoms with E-state index in [2.05, 4.69) is 43.5 Å². The highest BCUT2D eigenvalue weighted by Gasteiger charge is 2.20. The van der Waals surface area contributed by atoms with Crippen LogP contribution in [0.4, 0.5) is 0 Å². The van der Waals surface area contributed by atoms with Crippen molar-refractivity contribution in [2.45, 2.75) is 347 Å². The van der Waals surface area contributed by atoms with Crippen LogP contribution in [0.25, 0.3) is 0 Å². The molecule has 0 radical (unpaired) electrons. The van der Waals surface area contributed by atoms with Gasteiger partial charge in [0, 0.05) is 12.8 Å². The molecule has 0 aromatic carbocycles. The lowest BCUT2D eigenvalue weighted by molar-refractivity contribution is -0.143. The summed E-state index contributed by atoms with van der Waals surface area (Å²) in [5.41, 5.74) is 0. The van der Waals surface area contributed by atoms with Gasteiger partial charge < -0.3 is 20.3 Å². The number of rotatable bonds is 57. The summed E-state index contributed by atoms with van der Waals surface area (Å²) >= 11 is 0. The maximum absolute atomic E-state index is 12.5. The normalized spacial score (nSPS) is 12.7. The van der Waals surface area contributed by atoms with E-state index in [0.717, 1.165) is 51.4 Å². The maximum Gasteiger partial charge on any atom is 0.305 e. The first-order chi connectivity index (χ1) is 33.5. The largest absolute Gasteiger partial charge is 0.466 e. The highest BCUT2D eigenvalue weighted by molar-refractivity contribution is 5.76. The number of nitrogens with one attached hydrogen (secondary N) is 1. The fourth-order valence-corrected chi connectivity index (χ4v) is 9.56. The highest BCUT2D eigenvalue weighted by atomic mass is 16.5. The van der Waals surface area contributed by atoms with E-state index in [1.807, 2.05) is 0 Å². The van der Waals surface area contributed by atoms with Crippen molar-refractivity contribution in [3.8, 4) is 0 Å². The molecule has 6 nitrogen and oxygen atoms in total. The van der Waals surface area contributed by atoms with E-state index in [1.165, 1.54) is 250 Å². The van der Waals surface area contributed by atoms with E-state index in [4.69, 9.17) is 4.74 Å². The lowest BCUT2D eigenvalue weighted by Gasteiger charge is -2.22. The molecule has 0 saturated carbocycles. The van der Waals surface area contributed by atoms with Crippen molar-refractivity contribution in [1.29, 1.82) is 0 Å².